The van der Waals surface area contributed by atoms with Crippen molar-refractivity contribution in [2.45, 2.75) is 70.7 Å². The highest BCUT2D eigenvalue weighted by Crippen LogP contribution is 2.02. The van der Waals surface area contributed by atoms with Crippen molar-refractivity contribution in [1.82, 2.24) is 0 Å². The van der Waals surface area contributed by atoms with Crippen molar-refractivity contribution in [2.24, 2.45) is 0 Å². The maximum atomic E-state index is 11.8. The van der Waals surface area contributed by atoms with Gasteiger partial charge in [-0.2, -0.15) is 0 Å². The number of carboxylic acid groups (broad SMARTS) is 1. The molecule has 0 aliphatic carbocycles. The van der Waals surface area contributed by atoms with Crippen molar-refractivity contribution in [1.29, 1.82) is 0 Å². The predicted molar refractivity (Wildman–Crippen MR) is 158 cm³/mol. The first-order valence-electron chi connectivity index (χ1n) is 14.1. The molecule has 2 atom stereocenters. The lowest BCUT2D eigenvalue weighted by Gasteiger charge is -2.26. The molecule has 0 aromatic rings. The molecule has 1 N–H and O–H groups in total. The summed E-state index contributed by atoms with van der Waals surface area (Å²) in [5.41, 5.74) is 0. The van der Waals surface area contributed by atoms with E-state index in [9.17, 15) is 19.8 Å². The monoisotopic (exact) mass is 561 g/mol. The van der Waals surface area contributed by atoms with E-state index >= 15 is 0 Å². The molecule has 226 valence electrons. The number of quaternary nitrogens is 1. The van der Waals surface area contributed by atoms with Crippen LogP contribution in [0.5, 0.6) is 0 Å². The summed E-state index contributed by atoms with van der Waals surface area (Å²) in [4.78, 5) is 23.0. The molecule has 2 unspecified atom stereocenters. The van der Waals surface area contributed by atoms with E-state index in [1.54, 1.807) is 0 Å². The molecule has 0 saturated carbocycles. The summed E-state index contributed by atoms with van der Waals surface area (Å²) in [5, 5.41) is 21.0. The van der Waals surface area contributed by atoms with Gasteiger partial charge in [0.1, 0.15) is 19.3 Å². The Balaban J connectivity index is 3.86. The molecule has 0 bridgehead atoms. The molecule has 0 aromatic carbocycles. The number of nitrogens with zero attached hydrogens (tertiary/aromatic N) is 1. The summed E-state index contributed by atoms with van der Waals surface area (Å²) in [6.07, 6.45) is 29.1. The molecule has 0 spiro atoms. The van der Waals surface area contributed by atoms with Gasteiger partial charge < -0.3 is 33.7 Å². The fourth-order valence-electron chi connectivity index (χ4n) is 2.97. The van der Waals surface area contributed by atoms with E-state index in [1.165, 1.54) is 0 Å². The van der Waals surface area contributed by atoms with Crippen molar-refractivity contribution < 1.29 is 38.5 Å². The lowest BCUT2D eigenvalue weighted by atomic mass is 10.2. The minimum atomic E-state index is -1.59. The summed E-state index contributed by atoms with van der Waals surface area (Å²) in [5.74, 6) is -1.98. The molecular formula is C32H51NO7. The third-order valence-electron chi connectivity index (χ3n) is 5.21. The van der Waals surface area contributed by atoms with E-state index in [0.29, 0.717) is 17.4 Å². The van der Waals surface area contributed by atoms with Crippen LogP contribution < -0.4 is 5.11 Å². The summed E-state index contributed by atoms with van der Waals surface area (Å²) in [6.45, 7) is 2.22. The zero-order valence-electron chi connectivity index (χ0n) is 24.9. The van der Waals surface area contributed by atoms with Crippen LogP contribution in [0, 0.1) is 0 Å². The third-order valence-corrected chi connectivity index (χ3v) is 5.21. The summed E-state index contributed by atoms with van der Waals surface area (Å²) >= 11 is 0. The van der Waals surface area contributed by atoms with Crippen LogP contribution in [0.25, 0.3) is 0 Å². The van der Waals surface area contributed by atoms with Gasteiger partial charge in [-0.1, -0.05) is 79.8 Å². The minimum Gasteiger partial charge on any atom is -0.545 e. The van der Waals surface area contributed by atoms with Crippen molar-refractivity contribution in [3.8, 4) is 0 Å². The third kappa shape index (κ3) is 26.8. The van der Waals surface area contributed by atoms with E-state index in [-0.39, 0.29) is 26.2 Å². The standard InChI is InChI=1S/C32H51NO7/c1-5-6-7-8-9-10-11-12-13-14-15-16-17-18-19-20-21-22-23-24-30(35)39-27-29(34)28-40-32(31(36)37)38-26-25-33(2,3)4/h6-7,9-10,12-13,15-16,18-19,21-22,29,32,34H,5,8,11,14,17,20,23-28H2,1-4H3/b7-6-,10-9-,13-12-,16-15-,19-18-,22-21-. The Morgan fingerprint density at radius 2 is 1.23 bits per heavy atom. The minimum absolute atomic E-state index is 0.155. The molecule has 8 heteroatoms. The number of aliphatic hydroxyl groups excluding tert-OH is 1. The molecule has 0 fully saturated rings. The first-order valence-corrected chi connectivity index (χ1v) is 14.1. The normalized spacial score (nSPS) is 14.5. The van der Waals surface area contributed by atoms with Gasteiger partial charge >= 0.3 is 5.97 Å². The Hall–Kier alpha value is -2.78. The van der Waals surface area contributed by atoms with Crippen molar-refractivity contribution in [3.63, 3.8) is 0 Å². The SMILES string of the molecule is CC/C=C\C/C=C\C/C=C\C/C=C\C/C=C\C/C=C\CCC(=O)OCC(O)COC(OCC[N+](C)(C)C)C(=O)[O-]. The second-order valence-electron chi connectivity index (χ2n) is 10.2. The van der Waals surface area contributed by atoms with Gasteiger partial charge in [-0.3, -0.25) is 4.79 Å². The molecule has 8 nitrogen and oxygen atoms in total. The van der Waals surface area contributed by atoms with E-state index in [1.807, 2.05) is 33.3 Å². The Morgan fingerprint density at radius 1 is 0.750 bits per heavy atom. The Labute approximate surface area is 241 Å². The quantitative estimate of drug-likeness (QED) is 0.0816. The van der Waals surface area contributed by atoms with Crippen LogP contribution in [0.3, 0.4) is 0 Å². The van der Waals surface area contributed by atoms with Gasteiger partial charge in [0.05, 0.1) is 40.3 Å². The van der Waals surface area contributed by atoms with Crippen molar-refractivity contribution in [2.75, 3.05) is 47.5 Å². The van der Waals surface area contributed by atoms with Crippen LogP contribution in [0.1, 0.15) is 58.3 Å². The largest absolute Gasteiger partial charge is 0.545 e. The van der Waals surface area contributed by atoms with Crippen LogP contribution in [0.4, 0.5) is 0 Å². The molecule has 0 aliphatic rings. The number of esters is 1. The van der Waals surface area contributed by atoms with Gasteiger partial charge in [0.25, 0.3) is 0 Å². The number of likely N-dealkylation sites (N-methyl/N-ethyl adjacent to an activating group) is 1. The average molecular weight is 562 g/mol. The van der Waals surface area contributed by atoms with Gasteiger partial charge in [-0.05, 0) is 44.9 Å². The molecule has 0 aromatic heterocycles. The topological polar surface area (TPSA) is 105 Å². The number of carbonyl (C=O) groups excluding carboxylic acids is 2. The van der Waals surface area contributed by atoms with Crippen molar-refractivity contribution in [3.05, 3.63) is 72.9 Å². The Kier molecular flexibility index (Phi) is 23.5. The van der Waals surface area contributed by atoms with Gasteiger partial charge in [0.2, 0.25) is 0 Å². The maximum absolute atomic E-state index is 11.8. The highest BCUT2D eigenvalue weighted by Gasteiger charge is 2.17. The number of hydrogen-bond acceptors (Lipinski definition) is 7. The second kappa shape index (κ2) is 25.2. The van der Waals surface area contributed by atoms with Crippen LogP contribution in [-0.2, 0) is 23.8 Å². The molecule has 0 aliphatic heterocycles. The van der Waals surface area contributed by atoms with Crippen molar-refractivity contribution >= 4 is 11.9 Å². The predicted octanol–water partition coefficient (Wildman–Crippen LogP) is 4.18. The number of rotatable bonds is 24. The summed E-state index contributed by atoms with van der Waals surface area (Å²) in [6, 6.07) is 0. The number of ether oxygens (including phenoxy) is 3. The number of carbonyl (C=O) groups is 2. The molecule has 0 radical (unpaired) electrons. The number of carboxylic acids is 1. The lowest BCUT2D eigenvalue weighted by molar-refractivity contribution is -0.870. The van der Waals surface area contributed by atoms with Crippen LogP contribution in [-0.4, -0.2) is 81.4 Å². The Bertz CT molecular complexity index is 835. The summed E-state index contributed by atoms with van der Waals surface area (Å²) in [7, 11) is 5.83. The Morgan fingerprint density at radius 3 is 1.68 bits per heavy atom. The fraction of sp³-hybridized carbons (Fsp3) is 0.562. The number of aliphatic hydroxyl groups is 1. The molecule has 0 amide bonds. The van der Waals surface area contributed by atoms with E-state index in [4.69, 9.17) is 14.2 Å². The first-order chi connectivity index (χ1) is 19.2. The zero-order chi connectivity index (χ0) is 29.9. The number of aliphatic carboxylic acids is 1. The van der Waals surface area contributed by atoms with Gasteiger partial charge in [-0.25, -0.2) is 0 Å². The van der Waals surface area contributed by atoms with Gasteiger partial charge in [0, 0.05) is 6.42 Å². The molecular weight excluding hydrogens is 510 g/mol. The number of allylic oxidation sites excluding steroid dienone is 12. The van der Waals surface area contributed by atoms with Crippen LogP contribution >= 0.6 is 0 Å². The van der Waals surface area contributed by atoms with Crippen LogP contribution in [0.2, 0.25) is 0 Å². The number of hydrogen-bond donors (Lipinski definition) is 1. The average Bonchev–Trinajstić information content (AvgIpc) is 2.89. The van der Waals surface area contributed by atoms with E-state index in [0.717, 1.165) is 38.5 Å². The van der Waals surface area contributed by atoms with Crippen LogP contribution in [0.15, 0.2) is 72.9 Å². The molecule has 0 rings (SSSR count). The molecule has 40 heavy (non-hydrogen) atoms. The highest BCUT2D eigenvalue weighted by molar-refractivity contribution is 5.69. The maximum Gasteiger partial charge on any atom is 0.306 e. The van der Waals surface area contributed by atoms with Gasteiger partial charge in [-0.15, -0.1) is 0 Å². The van der Waals surface area contributed by atoms with E-state index < -0.39 is 24.3 Å². The smallest absolute Gasteiger partial charge is 0.306 e. The zero-order valence-corrected chi connectivity index (χ0v) is 24.9. The highest BCUT2D eigenvalue weighted by atomic mass is 16.7. The second-order valence-corrected chi connectivity index (χ2v) is 10.2. The fourth-order valence-corrected chi connectivity index (χ4v) is 2.97. The molecule has 0 heterocycles. The van der Waals surface area contributed by atoms with Gasteiger partial charge in [0.15, 0.2) is 6.29 Å². The first kappa shape index (κ1) is 37.2. The summed E-state index contributed by atoms with van der Waals surface area (Å²) < 4.78 is 15.8. The molecule has 0 saturated heterocycles. The lowest BCUT2D eigenvalue weighted by Crippen LogP contribution is -2.44. The van der Waals surface area contributed by atoms with E-state index in [2.05, 4.69) is 67.7 Å².